The first-order valence-corrected chi connectivity index (χ1v) is 10.6. The van der Waals surface area contributed by atoms with E-state index in [0.29, 0.717) is 11.3 Å². The molecule has 6 nitrogen and oxygen atoms in total. The second-order valence-corrected chi connectivity index (χ2v) is 9.22. The number of carbonyl (C=O) groups is 1. The first-order chi connectivity index (χ1) is 12.8. The summed E-state index contributed by atoms with van der Waals surface area (Å²) in [6, 6.07) is 10.8. The largest absolute Gasteiger partial charge is 0.325 e. The third-order valence-corrected chi connectivity index (χ3v) is 6.87. The van der Waals surface area contributed by atoms with E-state index in [4.69, 9.17) is 11.6 Å². The Morgan fingerprint density at radius 3 is 2.48 bits per heavy atom. The number of hydrogen-bond acceptors (Lipinski definition) is 3. The molecule has 1 saturated heterocycles. The molecule has 0 aliphatic carbocycles. The lowest BCUT2D eigenvalue weighted by Crippen LogP contribution is -2.37. The molecule has 1 N–H and O–H groups in total. The minimum absolute atomic E-state index is 0.0201. The second-order valence-electron chi connectivity index (χ2n) is 5.97. The van der Waals surface area contributed by atoms with Crippen LogP contribution < -0.4 is 5.32 Å². The van der Waals surface area contributed by atoms with Crippen LogP contribution in [0.15, 0.2) is 46.9 Å². The smallest absolute Gasteiger partial charge is 0.282 e. The van der Waals surface area contributed by atoms with Crippen molar-refractivity contribution in [3.8, 4) is 0 Å². The van der Waals surface area contributed by atoms with Crippen molar-refractivity contribution in [3.63, 3.8) is 0 Å². The Kier molecular flexibility index (Phi) is 6.17. The highest BCUT2D eigenvalue weighted by molar-refractivity contribution is 9.10. The quantitative estimate of drug-likeness (QED) is 0.720. The van der Waals surface area contributed by atoms with E-state index in [2.05, 4.69) is 21.2 Å². The molecule has 0 saturated carbocycles. The molecule has 1 fully saturated rings. The van der Waals surface area contributed by atoms with Gasteiger partial charge in [0.2, 0.25) is 5.91 Å². The van der Waals surface area contributed by atoms with Gasteiger partial charge in [0.1, 0.15) is 5.82 Å². The molecule has 0 aromatic heterocycles. The first-order valence-electron chi connectivity index (χ1n) is 8.00. The zero-order valence-corrected chi connectivity index (χ0v) is 17.2. The molecular formula is C17H16BrClFN3O3S. The molecule has 27 heavy (non-hydrogen) atoms. The van der Waals surface area contributed by atoms with E-state index >= 15 is 0 Å². The molecule has 144 valence electrons. The van der Waals surface area contributed by atoms with Crippen molar-refractivity contribution in [1.29, 1.82) is 0 Å². The zero-order chi connectivity index (χ0) is 19.6. The van der Waals surface area contributed by atoms with Crippen LogP contribution in [0.3, 0.4) is 0 Å². The van der Waals surface area contributed by atoms with Gasteiger partial charge < -0.3 is 5.32 Å². The van der Waals surface area contributed by atoms with Gasteiger partial charge in [0.25, 0.3) is 10.2 Å². The highest BCUT2D eigenvalue weighted by atomic mass is 79.9. The predicted octanol–water partition coefficient (Wildman–Crippen LogP) is 3.24. The third-order valence-electron chi connectivity index (χ3n) is 4.06. The lowest BCUT2D eigenvalue weighted by atomic mass is 10.2. The van der Waals surface area contributed by atoms with Crippen molar-refractivity contribution in [3.05, 3.63) is 63.3 Å². The molecule has 0 radical (unpaired) electrons. The number of anilines is 1. The van der Waals surface area contributed by atoms with Crippen LogP contribution in [0.4, 0.5) is 10.1 Å². The van der Waals surface area contributed by atoms with Crippen molar-refractivity contribution in [2.24, 2.45) is 0 Å². The Morgan fingerprint density at radius 1 is 1.15 bits per heavy atom. The molecule has 0 atom stereocenters. The van der Waals surface area contributed by atoms with E-state index in [0.717, 1.165) is 14.8 Å². The van der Waals surface area contributed by atoms with Gasteiger partial charge in [-0.05, 0) is 42.0 Å². The van der Waals surface area contributed by atoms with Crippen LogP contribution in [0.5, 0.6) is 0 Å². The molecule has 1 aliphatic heterocycles. The second kappa shape index (κ2) is 8.24. The van der Waals surface area contributed by atoms with Gasteiger partial charge >= 0.3 is 0 Å². The van der Waals surface area contributed by atoms with Crippen LogP contribution in [0.2, 0.25) is 5.02 Å². The molecule has 2 aromatic carbocycles. The van der Waals surface area contributed by atoms with Gasteiger partial charge in [0.05, 0.1) is 6.54 Å². The molecule has 1 aliphatic rings. The maximum atomic E-state index is 13.1. The van der Waals surface area contributed by atoms with E-state index in [1.54, 1.807) is 24.3 Å². The van der Waals surface area contributed by atoms with Crippen molar-refractivity contribution in [2.75, 3.05) is 25.0 Å². The van der Waals surface area contributed by atoms with Gasteiger partial charge in [0.15, 0.2) is 0 Å². The van der Waals surface area contributed by atoms with Crippen LogP contribution in [-0.4, -0.2) is 42.6 Å². The fourth-order valence-corrected chi connectivity index (χ4v) is 4.70. The predicted molar refractivity (Wildman–Crippen MR) is 105 cm³/mol. The van der Waals surface area contributed by atoms with E-state index in [9.17, 15) is 17.6 Å². The van der Waals surface area contributed by atoms with Gasteiger partial charge in [-0.1, -0.05) is 33.6 Å². The molecule has 0 spiro atoms. The van der Waals surface area contributed by atoms with Gasteiger partial charge in [-0.25, -0.2) is 4.39 Å². The summed E-state index contributed by atoms with van der Waals surface area (Å²) in [4.78, 5) is 12.2. The Hall–Kier alpha value is -1.52. The number of amides is 1. The Balaban J connectivity index is 1.64. The minimum Gasteiger partial charge on any atom is -0.325 e. The summed E-state index contributed by atoms with van der Waals surface area (Å²) in [5.74, 6) is -0.915. The maximum Gasteiger partial charge on any atom is 0.282 e. The molecule has 1 amide bonds. The van der Waals surface area contributed by atoms with Crippen LogP contribution in [0.1, 0.15) is 5.56 Å². The monoisotopic (exact) mass is 475 g/mol. The van der Waals surface area contributed by atoms with Gasteiger partial charge in [0, 0.05) is 34.8 Å². The summed E-state index contributed by atoms with van der Waals surface area (Å²) in [7, 11) is -3.80. The van der Waals surface area contributed by atoms with E-state index in [1.807, 2.05) is 0 Å². The SMILES string of the molecule is O=C(CN1CCN(Cc2ccc(F)cc2Cl)S1(=O)=O)Nc1ccc(Br)cc1. The van der Waals surface area contributed by atoms with Crippen molar-refractivity contribution < 1.29 is 17.6 Å². The topological polar surface area (TPSA) is 69.7 Å². The average molecular weight is 477 g/mol. The zero-order valence-electron chi connectivity index (χ0n) is 14.0. The Morgan fingerprint density at radius 2 is 1.81 bits per heavy atom. The fraction of sp³-hybridized carbons (Fsp3) is 0.235. The van der Waals surface area contributed by atoms with Gasteiger partial charge in [-0.3, -0.25) is 4.79 Å². The summed E-state index contributed by atoms with van der Waals surface area (Å²) >= 11 is 9.28. The van der Waals surface area contributed by atoms with Gasteiger partial charge in [-0.15, -0.1) is 0 Å². The number of halogens is 3. The Labute approximate surface area is 170 Å². The molecule has 0 unspecified atom stereocenters. The number of nitrogens with zero attached hydrogens (tertiary/aromatic N) is 2. The fourth-order valence-electron chi connectivity index (χ4n) is 2.67. The third kappa shape index (κ3) is 4.85. The number of hydrogen-bond donors (Lipinski definition) is 1. The normalized spacial score (nSPS) is 17.1. The number of benzene rings is 2. The summed E-state index contributed by atoms with van der Waals surface area (Å²) in [6.45, 7) is 0.148. The molecule has 3 rings (SSSR count). The molecule has 0 bridgehead atoms. The Bertz CT molecular complexity index is 956. The van der Waals surface area contributed by atoms with Crippen molar-refractivity contribution in [1.82, 2.24) is 8.61 Å². The van der Waals surface area contributed by atoms with Crippen molar-refractivity contribution >= 4 is 49.3 Å². The van der Waals surface area contributed by atoms with Crippen LogP contribution in [-0.2, 0) is 21.5 Å². The lowest BCUT2D eigenvalue weighted by Gasteiger charge is -2.19. The van der Waals surface area contributed by atoms with Crippen LogP contribution >= 0.6 is 27.5 Å². The summed E-state index contributed by atoms with van der Waals surface area (Å²) < 4.78 is 41.7. The summed E-state index contributed by atoms with van der Waals surface area (Å²) in [5, 5.41) is 2.83. The first kappa shape index (κ1) is 20.2. The highest BCUT2D eigenvalue weighted by Crippen LogP contribution is 2.24. The average Bonchev–Trinajstić information content (AvgIpc) is 2.87. The maximum absolute atomic E-state index is 13.1. The van der Waals surface area contributed by atoms with E-state index < -0.39 is 21.9 Å². The summed E-state index contributed by atoms with van der Waals surface area (Å²) in [6.07, 6.45) is 0. The van der Waals surface area contributed by atoms with E-state index in [1.165, 1.54) is 16.4 Å². The number of carbonyl (C=O) groups excluding carboxylic acids is 1. The van der Waals surface area contributed by atoms with Crippen molar-refractivity contribution in [2.45, 2.75) is 6.54 Å². The standard InChI is InChI=1S/C17H16BrClFN3O3S/c18-13-2-5-15(6-3-13)21-17(24)11-23-8-7-22(27(23,25)26)10-12-1-4-14(20)9-16(12)19/h1-6,9H,7-8,10-11H2,(H,21,24). The molecule has 10 heteroatoms. The number of nitrogens with one attached hydrogen (secondary N) is 1. The lowest BCUT2D eigenvalue weighted by molar-refractivity contribution is -0.116. The summed E-state index contributed by atoms with van der Waals surface area (Å²) in [5.41, 5.74) is 1.08. The molecule has 2 aromatic rings. The van der Waals surface area contributed by atoms with E-state index in [-0.39, 0.29) is 31.2 Å². The highest BCUT2D eigenvalue weighted by Gasteiger charge is 2.37. The van der Waals surface area contributed by atoms with Crippen LogP contribution in [0, 0.1) is 5.82 Å². The molecular weight excluding hydrogens is 461 g/mol. The minimum atomic E-state index is -3.80. The number of rotatable bonds is 5. The molecule has 1 heterocycles. The van der Waals surface area contributed by atoms with Crippen LogP contribution in [0.25, 0.3) is 0 Å². The van der Waals surface area contributed by atoms with Gasteiger partial charge in [-0.2, -0.15) is 17.0 Å².